The highest BCUT2D eigenvalue weighted by molar-refractivity contribution is 7.27. The third kappa shape index (κ3) is 7.05. The van der Waals surface area contributed by atoms with Crippen LogP contribution in [0.15, 0.2) is 29.0 Å². The first-order chi connectivity index (χ1) is 16.4. The Kier molecular flexibility index (Phi) is 10.6. The summed E-state index contributed by atoms with van der Waals surface area (Å²) < 4.78 is 4.49. The van der Waals surface area contributed by atoms with Crippen molar-refractivity contribution in [3.8, 4) is 0 Å². The lowest BCUT2D eigenvalue weighted by Gasteiger charge is -2.03. The summed E-state index contributed by atoms with van der Waals surface area (Å²) in [6.45, 7) is 2.30. The summed E-state index contributed by atoms with van der Waals surface area (Å²) in [5.41, 5.74) is 0. The molecular formula is C30H42S3. The van der Waals surface area contributed by atoms with Crippen molar-refractivity contribution in [2.24, 2.45) is 0 Å². The van der Waals surface area contributed by atoms with E-state index in [-0.39, 0.29) is 0 Å². The van der Waals surface area contributed by atoms with Gasteiger partial charge < -0.3 is 0 Å². The second kappa shape index (κ2) is 13.9. The number of hydrogen-bond acceptors (Lipinski definition) is 3. The minimum Gasteiger partial charge on any atom is -0.142 e. The molecular weight excluding hydrogens is 457 g/mol. The van der Waals surface area contributed by atoms with Crippen LogP contribution < -0.4 is 0 Å². The van der Waals surface area contributed by atoms with Gasteiger partial charge in [-0.3, -0.25) is 0 Å². The van der Waals surface area contributed by atoms with Gasteiger partial charge in [0.2, 0.25) is 0 Å². The highest BCUT2D eigenvalue weighted by Crippen LogP contribution is 2.44. The smallest absolute Gasteiger partial charge is 0.0535 e. The van der Waals surface area contributed by atoms with Gasteiger partial charge in [0.05, 0.1) is 9.40 Å². The van der Waals surface area contributed by atoms with E-state index in [4.69, 9.17) is 0 Å². The number of thiophene rings is 3. The van der Waals surface area contributed by atoms with Gasteiger partial charge in [-0.2, -0.15) is 0 Å². The van der Waals surface area contributed by atoms with E-state index in [1.807, 2.05) is 34.0 Å². The molecule has 0 atom stereocenters. The summed E-state index contributed by atoms with van der Waals surface area (Å²) >= 11 is 5.85. The molecule has 0 unspecified atom stereocenters. The summed E-state index contributed by atoms with van der Waals surface area (Å²) in [5, 5.41) is 8.97. The van der Waals surface area contributed by atoms with E-state index in [0.29, 0.717) is 0 Å². The summed E-state index contributed by atoms with van der Waals surface area (Å²) in [5.74, 6) is 0. The van der Waals surface area contributed by atoms with Gasteiger partial charge in [-0.25, -0.2) is 0 Å². The Morgan fingerprint density at radius 3 is 1.58 bits per heavy atom. The normalized spacial score (nSPS) is 12.0. The first-order valence-corrected chi connectivity index (χ1v) is 16.2. The maximum atomic E-state index is 2.50. The zero-order chi connectivity index (χ0) is 22.7. The summed E-state index contributed by atoms with van der Waals surface area (Å²) in [6.07, 6.45) is 24.3. The quantitative estimate of drug-likeness (QED) is 0.127. The van der Waals surface area contributed by atoms with E-state index in [2.05, 4.69) is 35.9 Å². The van der Waals surface area contributed by atoms with Crippen LogP contribution in [0, 0.1) is 0 Å². The van der Waals surface area contributed by atoms with Crippen molar-refractivity contribution < 1.29 is 0 Å². The fourth-order valence-corrected chi connectivity index (χ4v) is 8.49. The van der Waals surface area contributed by atoms with Crippen LogP contribution >= 0.6 is 34.0 Å². The van der Waals surface area contributed by atoms with Crippen LogP contribution in [0.4, 0.5) is 0 Å². The largest absolute Gasteiger partial charge is 0.142 e. The molecule has 0 aliphatic rings. The number of rotatable bonds is 17. The maximum absolute atomic E-state index is 2.50. The molecule has 0 saturated heterocycles. The van der Waals surface area contributed by atoms with Crippen molar-refractivity contribution >= 4 is 64.3 Å². The summed E-state index contributed by atoms with van der Waals surface area (Å²) in [7, 11) is 0. The summed E-state index contributed by atoms with van der Waals surface area (Å²) in [6, 6.07) is 7.15. The molecule has 0 fully saturated rings. The summed E-state index contributed by atoms with van der Waals surface area (Å²) in [4.78, 5) is 1.58. The molecule has 1 aromatic carbocycles. The van der Waals surface area contributed by atoms with Gasteiger partial charge in [0.25, 0.3) is 0 Å². The Labute approximate surface area is 213 Å². The number of aryl methyl sites for hydroxylation is 1. The Balaban J connectivity index is 1.06. The van der Waals surface area contributed by atoms with Gasteiger partial charge in [0.1, 0.15) is 0 Å². The molecule has 0 saturated carbocycles. The van der Waals surface area contributed by atoms with Gasteiger partial charge in [-0.15, -0.1) is 34.0 Å². The number of benzene rings is 1. The van der Waals surface area contributed by atoms with Crippen molar-refractivity contribution in [2.75, 3.05) is 0 Å². The number of hydrogen-bond donors (Lipinski definition) is 0. The second-order valence-corrected chi connectivity index (χ2v) is 12.8. The lowest BCUT2D eigenvalue weighted by molar-refractivity contribution is 0.529. The Morgan fingerprint density at radius 2 is 1.00 bits per heavy atom. The van der Waals surface area contributed by atoms with Crippen molar-refractivity contribution in [2.45, 2.75) is 116 Å². The van der Waals surface area contributed by atoms with Crippen LogP contribution in [-0.2, 0) is 6.42 Å². The lowest BCUT2D eigenvalue weighted by Crippen LogP contribution is -1.84. The molecule has 4 aromatic rings. The zero-order valence-corrected chi connectivity index (χ0v) is 23.1. The van der Waals surface area contributed by atoms with Gasteiger partial charge in [0.15, 0.2) is 0 Å². The van der Waals surface area contributed by atoms with Crippen molar-refractivity contribution in [1.29, 1.82) is 0 Å². The van der Waals surface area contributed by atoms with Crippen LogP contribution in [0.25, 0.3) is 30.3 Å². The van der Waals surface area contributed by atoms with E-state index >= 15 is 0 Å². The standard InChI is InChI=1S/C30H42S3/c1-2-3-4-5-6-7-8-9-10-11-12-13-14-15-16-17-18-24-23-27-25-19-21-31-29(25)30-26(20-22-32-30)28(27)33-24/h19-23H,2-18H2,1H3. The highest BCUT2D eigenvalue weighted by Gasteiger charge is 2.13. The van der Waals surface area contributed by atoms with E-state index in [0.717, 1.165) is 0 Å². The van der Waals surface area contributed by atoms with E-state index in [1.165, 1.54) is 139 Å². The molecule has 0 bridgehead atoms. The third-order valence-electron chi connectivity index (χ3n) is 7.13. The molecule has 33 heavy (non-hydrogen) atoms. The second-order valence-electron chi connectivity index (χ2n) is 9.84. The first-order valence-electron chi connectivity index (χ1n) is 13.7. The SMILES string of the molecule is CCCCCCCCCCCCCCCCCCc1cc2c3ccsc3c3sccc3c2s1. The number of fused-ring (bicyclic) bond motifs is 6. The number of unbranched alkanes of at least 4 members (excludes halogenated alkanes) is 15. The van der Waals surface area contributed by atoms with Crippen LogP contribution in [0.2, 0.25) is 0 Å². The predicted octanol–water partition coefficient (Wildman–Crippen LogP) is 12.1. The molecule has 3 heteroatoms. The molecule has 4 rings (SSSR count). The molecule has 3 heterocycles. The fraction of sp³-hybridized carbons (Fsp3) is 0.600. The topological polar surface area (TPSA) is 0 Å². The molecule has 0 nitrogen and oxygen atoms in total. The minimum atomic E-state index is 1.26. The maximum Gasteiger partial charge on any atom is 0.0535 e. The molecule has 0 N–H and O–H groups in total. The van der Waals surface area contributed by atoms with Crippen molar-refractivity contribution in [3.05, 3.63) is 33.8 Å². The fourth-order valence-electron chi connectivity index (χ4n) is 5.17. The molecule has 180 valence electrons. The molecule has 3 aromatic heterocycles. The first kappa shape index (κ1) is 25.2. The average molecular weight is 499 g/mol. The monoisotopic (exact) mass is 498 g/mol. The minimum absolute atomic E-state index is 1.26. The van der Waals surface area contributed by atoms with Crippen molar-refractivity contribution in [1.82, 2.24) is 0 Å². The molecule has 0 radical (unpaired) electrons. The van der Waals surface area contributed by atoms with Gasteiger partial charge in [0, 0.05) is 25.7 Å². The molecule has 0 amide bonds. The van der Waals surface area contributed by atoms with E-state index in [1.54, 1.807) is 4.88 Å². The van der Waals surface area contributed by atoms with E-state index in [9.17, 15) is 0 Å². The highest BCUT2D eigenvalue weighted by atomic mass is 32.1. The molecule has 0 spiro atoms. The van der Waals surface area contributed by atoms with Crippen LogP contribution in [0.3, 0.4) is 0 Å². The van der Waals surface area contributed by atoms with E-state index < -0.39 is 0 Å². The third-order valence-corrected chi connectivity index (χ3v) is 10.4. The van der Waals surface area contributed by atoms with Crippen molar-refractivity contribution in [3.63, 3.8) is 0 Å². The van der Waals surface area contributed by atoms with Gasteiger partial charge in [-0.1, -0.05) is 103 Å². The van der Waals surface area contributed by atoms with Gasteiger partial charge in [-0.05, 0) is 41.8 Å². The Bertz CT molecular complexity index is 1010. The predicted molar refractivity (Wildman–Crippen MR) is 156 cm³/mol. The lowest BCUT2D eigenvalue weighted by atomic mass is 10.0. The van der Waals surface area contributed by atoms with Crippen LogP contribution in [0.1, 0.15) is 115 Å². The van der Waals surface area contributed by atoms with Gasteiger partial charge >= 0.3 is 0 Å². The van der Waals surface area contributed by atoms with Crippen LogP contribution in [0.5, 0.6) is 0 Å². The average Bonchev–Trinajstić information content (AvgIpc) is 3.56. The molecule has 0 aliphatic heterocycles. The zero-order valence-electron chi connectivity index (χ0n) is 20.6. The Morgan fingerprint density at radius 1 is 0.515 bits per heavy atom. The Hall–Kier alpha value is -0.900. The molecule has 0 aliphatic carbocycles. The van der Waals surface area contributed by atoms with Crippen LogP contribution in [-0.4, -0.2) is 0 Å².